The van der Waals surface area contributed by atoms with Crippen LogP contribution in [-0.4, -0.2) is 23.9 Å². The predicted octanol–water partition coefficient (Wildman–Crippen LogP) is 5.84. The molecule has 1 unspecified atom stereocenters. The number of benzene rings is 2. The van der Waals surface area contributed by atoms with E-state index in [1.54, 1.807) is 24.3 Å². The quantitative estimate of drug-likeness (QED) is 0.393. The molecule has 3 rings (SSSR count). The summed E-state index contributed by atoms with van der Waals surface area (Å²) < 4.78 is 10.2. The highest BCUT2D eigenvalue weighted by Crippen LogP contribution is 2.37. The van der Waals surface area contributed by atoms with Gasteiger partial charge in [0.1, 0.15) is 0 Å². The summed E-state index contributed by atoms with van der Waals surface area (Å²) in [4.78, 5) is 13.0. The third-order valence-corrected chi connectivity index (χ3v) is 5.21. The molecule has 0 spiro atoms. The maximum Gasteiger partial charge on any atom is 0.337 e. The van der Waals surface area contributed by atoms with Crippen molar-refractivity contribution in [3.63, 3.8) is 0 Å². The Kier molecular flexibility index (Phi) is 8.00. The van der Waals surface area contributed by atoms with Crippen LogP contribution in [0.3, 0.4) is 0 Å². The summed E-state index contributed by atoms with van der Waals surface area (Å²) in [6, 6.07) is 16.8. The van der Waals surface area contributed by atoms with Crippen LogP contribution >= 0.6 is 23.5 Å². The van der Waals surface area contributed by atoms with Crippen LogP contribution in [0.25, 0.3) is 10.9 Å². The number of carbonyl (C=O) groups excluding carboxylic acids is 1. The highest BCUT2D eigenvalue weighted by atomic mass is 35.5. The molecule has 1 heterocycles. The molecule has 7 heteroatoms. The number of carbonyl (C=O) groups is 1. The molecule has 0 aliphatic carbocycles. The summed E-state index contributed by atoms with van der Waals surface area (Å²) in [6.07, 6.45) is 3.68. The second kappa shape index (κ2) is 10.2. The number of anilines is 1. The van der Waals surface area contributed by atoms with Gasteiger partial charge in [0, 0.05) is 22.9 Å². The molecule has 29 heavy (non-hydrogen) atoms. The van der Waals surface area contributed by atoms with Crippen LogP contribution in [0, 0.1) is 11.3 Å². The average Bonchev–Trinajstić information content (AvgIpc) is 3.19. The lowest BCUT2D eigenvalue weighted by atomic mass is 9.86. The second-order valence-corrected chi connectivity index (χ2v) is 6.97. The van der Waals surface area contributed by atoms with Gasteiger partial charge in [-0.05, 0) is 35.9 Å². The first-order valence-corrected chi connectivity index (χ1v) is 10.8. The first kappa shape index (κ1) is 22.7. The number of nitrogens with one attached hydrogen (secondary N) is 1. The van der Waals surface area contributed by atoms with E-state index in [9.17, 15) is 10.1 Å². The number of nitrogens with zero attached hydrogens (tertiary/aromatic N) is 2. The van der Waals surface area contributed by atoms with E-state index in [2.05, 4.69) is 10.8 Å². The fourth-order valence-electron chi connectivity index (χ4n) is 3.32. The molecule has 3 aromatic rings. The van der Waals surface area contributed by atoms with Crippen LogP contribution in [0.15, 0.2) is 54.7 Å². The van der Waals surface area contributed by atoms with Crippen molar-refractivity contribution < 1.29 is 9.53 Å². The fraction of sp³-hybridized carbons (Fsp3) is 0.273. The summed E-state index contributed by atoms with van der Waals surface area (Å²) in [5.41, 5.74) is 1.09. The highest BCUT2D eigenvalue weighted by molar-refractivity contribution is 7.99. The lowest BCUT2D eigenvalue weighted by Crippen LogP contribution is -2.43. The minimum atomic E-state index is -1.31. The van der Waals surface area contributed by atoms with Crippen LogP contribution in [0.4, 0.5) is 5.69 Å². The summed E-state index contributed by atoms with van der Waals surface area (Å²) in [5.74, 6) is -0.507. The summed E-state index contributed by atoms with van der Waals surface area (Å²) >= 11 is 7.52. The van der Waals surface area contributed by atoms with Gasteiger partial charge in [-0.2, -0.15) is 5.26 Å². The van der Waals surface area contributed by atoms with E-state index in [1.807, 2.05) is 55.1 Å². The molecule has 2 aromatic carbocycles. The Morgan fingerprint density at radius 3 is 2.52 bits per heavy atom. The lowest BCUT2D eigenvalue weighted by molar-refractivity contribution is -0.148. The Morgan fingerprint density at radius 1 is 1.24 bits per heavy atom. The molecule has 1 N–H and O–H groups in total. The maximum atomic E-state index is 13.0. The molecule has 0 fully saturated rings. The number of hydrogen-bond acceptors (Lipinski definition) is 5. The van der Waals surface area contributed by atoms with E-state index in [0.29, 0.717) is 10.6 Å². The first-order valence-electron chi connectivity index (χ1n) is 9.19. The van der Waals surface area contributed by atoms with Gasteiger partial charge in [-0.25, -0.2) is 4.79 Å². The van der Waals surface area contributed by atoms with Crippen molar-refractivity contribution in [1.29, 1.82) is 5.26 Å². The normalized spacial score (nSPS) is 12.3. The van der Waals surface area contributed by atoms with Gasteiger partial charge in [0.2, 0.25) is 0 Å². The topological polar surface area (TPSA) is 67.0 Å². The molecule has 0 aliphatic rings. The van der Waals surface area contributed by atoms with Crippen molar-refractivity contribution in [3.05, 3.63) is 65.3 Å². The number of nitriles is 1. The van der Waals surface area contributed by atoms with E-state index in [0.717, 1.165) is 16.6 Å². The minimum Gasteiger partial charge on any atom is -0.467 e. The Balaban J connectivity index is 0.00000145. The zero-order valence-corrected chi connectivity index (χ0v) is 18.5. The molecule has 0 saturated carbocycles. The number of ether oxygens (including phenoxy) is 1. The van der Waals surface area contributed by atoms with E-state index < -0.39 is 11.5 Å². The molecular formula is C22H24ClN3O2S. The Hall–Kier alpha value is -2.62. The zero-order chi connectivity index (χ0) is 21.4. The number of halogens is 1. The smallest absolute Gasteiger partial charge is 0.337 e. The number of fused-ring (bicyclic) bond motifs is 1. The zero-order valence-electron chi connectivity index (χ0n) is 16.9. The van der Waals surface area contributed by atoms with Gasteiger partial charge in [0.25, 0.3) is 0 Å². The summed E-state index contributed by atoms with van der Waals surface area (Å²) in [7, 11) is 1.33. The van der Waals surface area contributed by atoms with Gasteiger partial charge in [-0.1, -0.05) is 55.6 Å². The van der Waals surface area contributed by atoms with E-state index >= 15 is 0 Å². The number of rotatable bonds is 6. The second-order valence-electron chi connectivity index (χ2n) is 5.92. The van der Waals surface area contributed by atoms with E-state index in [1.165, 1.54) is 19.1 Å². The molecule has 5 nitrogen and oxygen atoms in total. The Labute approximate surface area is 180 Å². The van der Waals surface area contributed by atoms with Crippen molar-refractivity contribution in [2.45, 2.75) is 25.8 Å². The standard InChI is InChI=1S/C20H18ClN3O2S.C2H6/c1-26-19(25)20(11-12-22,14-6-8-15(21)9-7-14)24-13-10-16-17(23-27-2)4-3-5-18(16)24;1-2/h3-10,13,23H,11H2,1-2H3;1-2H3. The summed E-state index contributed by atoms with van der Waals surface area (Å²) in [5, 5.41) is 11.1. The fourth-order valence-corrected chi connectivity index (χ4v) is 3.85. The van der Waals surface area contributed by atoms with E-state index in [4.69, 9.17) is 16.3 Å². The Bertz CT molecular complexity index is 1010. The highest BCUT2D eigenvalue weighted by Gasteiger charge is 2.44. The predicted molar refractivity (Wildman–Crippen MR) is 121 cm³/mol. The first-order chi connectivity index (χ1) is 14.1. The van der Waals surface area contributed by atoms with Crippen molar-refractivity contribution in [3.8, 4) is 6.07 Å². The van der Waals surface area contributed by atoms with Gasteiger partial charge in [-0.15, -0.1) is 0 Å². The third kappa shape index (κ3) is 4.21. The largest absolute Gasteiger partial charge is 0.467 e. The average molecular weight is 430 g/mol. The van der Waals surface area contributed by atoms with Crippen molar-refractivity contribution >= 4 is 46.1 Å². The van der Waals surface area contributed by atoms with E-state index in [-0.39, 0.29) is 6.42 Å². The van der Waals surface area contributed by atoms with Crippen LogP contribution in [0.5, 0.6) is 0 Å². The third-order valence-electron chi connectivity index (χ3n) is 4.54. The molecule has 0 bridgehead atoms. The molecule has 0 radical (unpaired) electrons. The molecule has 1 aromatic heterocycles. The maximum absolute atomic E-state index is 13.0. The lowest BCUT2D eigenvalue weighted by Gasteiger charge is -2.32. The van der Waals surface area contributed by atoms with Gasteiger partial charge < -0.3 is 14.0 Å². The Morgan fingerprint density at radius 2 is 1.93 bits per heavy atom. The van der Waals surface area contributed by atoms with Crippen LogP contribution in [0.2, 0.25) is 5.02 Å². The number of hydrogen-bond donors (Lipinski definition) is 1. The number of methoxy groups -OCH3 is 1. The number of esters is 1. The molecule has 0 amide bonds. The molecular weight excluding hydrogens is 406 g/mol. The van der Waals surface area contributed by atoms with Crippen LogP contribution < -0.4 is 4.72 Å². The minimum absolute atomic E-state index is 0.0781. The van der Waals surface area contributed by atoms with Gasteiger partial charge in [-0.3, -0.25) is 0 Å². The molecule has 1 atom stereocenters. The van der Waals surface area contributed by atoms with Crippen molar-refractivity contribution in [2.75, 3.05) is 18.1 Å². The van der Waals surface area contributed by atoms with Gasteiger partial charge >= 0.3 is 5.97 Å². The SMILES string of the molecule is CC.COC(=O)C(CC#N)(c1ccc(Cl)cc1)n1ccc2c(NSC)cccc21. The monoisotopic (exact) mass is 429 g/mol. The molecule has 152 valence electrons. The van der Waals surface area contributed by atoms with Gasteiger partial charge in [0.15, 0.2) is 5.54 Å². The molecule has 0 aliphatic heterocycles. The van der Waals surface area contributed by atoms with Crippen LogP contribution in [-0.2, 0) is 15.1 Å². The van der Waals surface area contributed by atoms with Crippen molar-refractivity contribution in [1.82, 2.24) is 4.57 Å². The molecule has 0 saturated heterocycles. The van der Waals surface area contributed by atoms with Gasteiger partial charge in [0.05, 0.1) is 30.8 Å². The number of aromatic nitrogens is 1. The van der Waals surface area contributed by atoms with Crippen LogP contribution in [0.1, 0.15) is 25.8 Å². The summed E-state index contributed by atoms with van der Waals surface area (Å²) in [6.45, 7) is 4.00. The van der Waals surface area contributed by atoms with Crippen molar-refractivity contribution in [2.24, 2.45) is 0 Å².